The van der Waals surface area contributed by atoms with Gasteiger partial charge in [0, 0.05) is 6.04 Å². The highest BCUT2D eigenvalue weighted by Gasteiger charge is 2.48. The van der Waals surface area contributed by atoms with Crippen LogP contribution in [0.5, 0.6) is 0 Å². The molecule has 1 aromatic rings. The number of carboxylic acids is 1. The quantitative estimate of drug-likeness (QED) is 0.675. The summed E-state index contributed by atoms with van der Waals surface area (Å²) in [7, 11) is 0. The number of carboxylic acid groups (broad SMARTS) is 1. The van der Waals surface area contributed by atoms with Gasteiger partial charge >= 0.3 is 5.97 Å². The average molecular weight is 388 g/mol. The molecule has 4 aliphatic carbocycles. The Balaban J connectivity index is 1.48. The Kier molecular flexibility index (Phi) is 5.04. The summed E-state index contributed by atoms with van der Waals surface area (Å²) in [5, 5.41) is 17.8. The lowest BCUT2D eigenvalue weighted by molar-refractivity contribution is -0.151. The molecule has 0 aromatic carbocycles. The van der Waals surface area contributed by atoms with Gasteiger partial charge < -0.3 is 15.7 Å². The summed E-state index contributed by atoms with van der Waals surface area (Å²) < 4.78 is 0. The van der Waals surface area contributed by atoms with Gasteiger partial charge in [-0.2, -0.15) is 0 Å². The monoisotopic (exact) mass is 388 g/mol. The number of fused-ring (bicyclic) bond motifs is 2. The molecule has 4 aliphatic rings. The minimum absolute atomic E-state index is 0.0492. The first-order valence-corrected chi connectivity index (χ1v) is 10.5. The molecule has 2 saturated carbocycles. The molecule has 2 bridgehead atoms. The summed E-state index contributed by atoms with van der Waals surface area (Å²) in [6.45, 7) is 0. The number of rotatable bonds is 5. The molecule has 0 radical (unpaired) electrons. The second-order valence-electron chi connectivity index (χ2n) is 7.79. The van der Waals surface area contributed by atoms with Gasteiger partial charge in [0.1, 0.15) is 5.00 Å². The number of amides is 2. The molecule has 0 aliphatic heterocycles. The SMILES string of the molecule is O=C(NC1CCCC1)c1ccsc1NC(=O)[C@@H]1[C@H](C(=O)O)[C@@H]2C=C[C@H]1CC2. The number of nitrogens with one attached hydrogen (secondary N) is 2. The molecule has 7 heteroatoms. The van der Waals surface area contributed by atoms with Crippen LogP contribution in [0.1, 0.15) is 48.9 Å². The molecule has 0 spiro atoms. The standard InChI is InChI=1S/C20H24N2O4S/c23-17(21-13-3-1-2-4-13)14-9-10-27-19(14)22-18(24)15-11-5-7-12(8-6-11)16(15)20(25)26/h5,7,9-13,15-16H,1-4,6,8H2,(H,21,23)(H,22,24)(H,25,26)/t11-,12+,15-,16+/m0/s1. The molecular formula is C20H24N2O4S. The third-order valence-corrected chi connectivity index (χ3v) is 7.00. The van der Waals surface area contributed by atoms with Crippen molar-refractivity contribution in [1.29, 1.82) is 0 Å². The molecule has 4 atom stereocenters. The van der Waals surface area contributed by atoms with Gasteiger partial charge in [-0.15, -0.1) is 11.3 Å². The van der Waals surface area contributed by atoms with Crippen LogP contribution < -0.4 is 10.6 Å². The maximum atomic E-state index is 13.0. The van der Waals surface area contributed by atoms with Crippen molar-refractivity contribution in [3.8, 4) is 0 Å². The number of hydrogen-bond acceptors (Lipinski definition) is 4. The van der Waals surface area contributed by atoms with E-state index in [1.54, 1.807) is 11.4 Å². The summed E-state index contributed by atoms with van der Waals surface area (Å²) >= 11 is 1.30. The van der Waals surface area contributed by atoms with Gasteiger partial charge in [-0.05, 0) is 49.0 Å². The van der Waals surface area contributed by atoms with E-state index in [0.717, 1.165) is 38.5 Å². The first-order valence-electron chi connectivity index (χ1n) is 9.65. The Morgan fingerprint density at radius 3 is 2.30 bits per heavy atom. The minimum Gasteiger partial charge on any atom is -0.481 e. The van der Waals surface area contributed by atoms with E-state index in [1.807, 2.05) is 12.2 Å². The van der Waals surface area contributed by atoms with Crippen LogP contribution in [0.2, 0.25) is 0 Å². The number of thiophene rings is 1. The number of anilines is 1. The summed E-state index contributed by atoms with van der Waals surface area (Å²) in [5.41, 5.74) is 0.462. The molecule has 5 rings (SSSR count). The fourth-order valence-corrected chi connectivity index (χ4v) is 5.59. The number of aliphatic carboxylic acids is 1. The highest BCUT2D eigenvalue weighted by atomic mass is 32.1. The van der Waals surface area contributed by atoms with Crippen LogP contribution in [-0.2, 0) is 9.59 Å². The van der Waals surface area contributed by atoms with Gasteiger partial charge in [-0.3, -0.25) is 14.4 Å². The smallest absolute Gasteiger partial charge is 0.307 e. The van der Waals surface area contributed by atoms with E-state index < -0.39 is 17.8 Å². The van der Waals surface area contributed by atoms with E-state index in [1.165, 1.54) is 11.3 Å². The van der Waals surface area contributed by atoms with Crippen LogP contribution in [0.3, 0.4) is 0 Å². The zero-order valence-corrected chi connectivity index (χ0v) is 15.8. The highest BCUT2D eigenvalue weighted by Crippen LogP contribution is 2.45. The van der Waals surface area contributed by atoms with Gasteiger partial charge in [-0.1, -0.05) is 25.0 Å². The van der Waals surface area contributed by atoms with Crippen molar-refractivity contribution in [1.82, 2.24) is 5.32 Å². The van der Waals surface area contributed by atoms with Gasteiger partial charge in [-0.25, -0.2) is 0 Å². The summed E-state index contributed by atoms with van der Waals surface area (Å²) in [5.74, 6) is -2.79. The van der Waals surface area contributed by atoms with Crippen LogP contribution in [0.15, 0.2) is 23.6 Å². The first kappa shape index (κ1) is 18.2. The Morgan fingerprint density at radius 2 is 1.67 bits per heavy atom. The maximum absolute atomic E-state index is 13.0. The molecule has 0 unspecified atom stereocenters. The minimum atomic E-state index is -0.917. The lowest BCUT2D eigenvalue weighted by atomic mass is 9.62. The van der Waals surface area contributed by atoms with Crippen LogP contribution in [0, 0.1) is 23.7 Å². The van der Waals surface area contributed by atoms with E-state index in [9.17, 15) is 19.5 Å². The van der Waals surface area contributed by atoms with Crippen LogP contribution in [0.4, 0.5) is 5.00 Å². The molecular weight excluding hydrogens is 364 g/mol. The molecule has 1 aromatic heterocycles. The Labute approximate surface area is 162 Å². The molecule has 1 heterocycles. The molecule has 27 heavy (non-hydrogen) atoms. The lowest BCUT2D eigenvalue weighted by Crippen LogP contribution is -2.47. The Morgan fingerprint density at radius 1 is 1.00 bits per heavy atom. The van der Waals surface area contributed by atoms with Crippen molar-refractivity contribution >= 4 is 34.1 Å². The van der Waals surface area contributed by atoms with Gasteiger partial charge in [0.2, 0.25) is 5.91 Å². The highest BCUT2D eigenvalue weighted by molar-refractivity contribution is 7.14. The molecule has 144 valence electrons. The topological polar surface area (TPSA) is 95.5 Å². The van der Waals surface area contributed by atoms with Crippen LogP contribution in [-0.4, -0.2) is 28.9 Å². The second-order valence-corrected chi connectivity index (χ2v) is 8.70. The Hall–Kier alpha value is -2.15. The van der Waals surface area contributed by atoms with Gasteiger partial charge in [0.15, 0.2) is 0 Å². The molecule has 0 saturated heterocycles. The summed E-state index contributed by atoms with van der Waals surface area (Å²) in [6.07, 6.45) is 9.84. The van der Waals surface area contributed by atoms with Crippen LogP contribution >= 0.6 is 11.3 Å². The average Bonchev–Trinajstić information content (AvgIpc) is 3.33. The fraction of sp³-hybridized carbons (Fsp3) is 0.550. The predicted molar refractivity (Wildman–Crippen MR) is 103 cm³/mol. The van der Waals surface area contributed by atoms with Crippen molar-refractivity contribution in [2.75, 3.05) is 5.32 Å². The van der Waals surface area contributed by atoms with Crippen LogP contribution in [0.25, 0.3) is 0 Å². The van der Waals surface area contributed by atoms with Gasteiger partial charge in [0.05, 0.1) is 17.4 Å². The number of carbonyl (C=O) groups excluding carboxylic acids is 2. The van der Waals surface area contributed by atoms with E-state index in [4.69, 9.17) is 0 Å². The largest absolute Gasteiger partial charge is 0.481 e. The number of hydrogen-bond donors (Lipinski definition) is 3. The molecule has 6 nitrogen and oxygen atoms in total. The lowest BCUT2D eigenvalue weighted by Gasteiger charge is -2.41. The van der Waals surface area contributed by atoms with Crippen molar-refractivity contribution in [3.05, 3.63) is 29.2 Å². The van der Waals surface area contributed by atoms with E-state index in [-0.39, 0.29) is 29.7 Å². The van der Waals surface area contributed by atoms with Gasteiger partial charge in [0.25, 0.3) is 5.91 Å². The molecule has 2 amide bonds. The number of carbonyl (C=O) groups is 3. The van der Waals surface area contributed by atoms with Crippen molar-refractivity contribution in [2.45, 2.75) is 44.6 Å². The second kappa shape index (κ2) is 7.46. The van der Waals surface area contributed by atoms with Crippen molar-refractivity contribution in [2.24, 2.45) is 23.7 Å². The third-order valence-electron chi connectivity index (χ3n) is 6.17. The molecule has 3 N–H and O–H groups in total. The summed E-state index contributed by atoms with van der Waals surface area (Å²) in [4.78, 5) is 37.3. The van der Waals surface area contributed by atoms with E-state index in [2.05, 4.69) is 10.6 Å². The van der Waals surface area contributed by atoms with E-state index >= 15 is 0 Å². The summed E-state index contributed by atoms with van der Waals surface area (Å²) in [6, 6.07) is 1.92. The maximum Gasteiger partial charge on any atom is 0.307 e. The molecule has 2 fully saturated rings. The van der Waals surface area contributed by atoms with E-state index in [0.29, 0.717) is 10.6 Å². The van der Waals surface area contributed by atoms with Crippen molar-refractivity contribution in [3.63, 3.8) is 0 Å². The predicted octanol–water partition coefficient (Wildman–Crippen LogP) is 3.27. The normalized spacial score (nSPS) is 29.6. The van der Waals surface area contributed by atoms with Crippen molar-refractivity contribution < 1.29 is 19.5 Å². The number of allylic oxidation sites excluding steroid dienone is 2. The first-order chi connectivity index (χ1) is 13.0. The zero-order chi connectivity index (χ0) is 19.0. The third kappa shape index (κ3) is 3.52. The fourth-order valence-electron chi connectivity index (χ4n) is 4.80. The Bertz CT molecular complexity index is 781. The zero-order valence-electron chi connectivity index (χ0n) is 15.0.